The minimum Gasteiger partial charge on any atom is -0.303 e. The van der Waals surface area contributed by atoms with E-state index in [4.69, 9.17) is 0 Å². The molecule has 1 unspecified atom stereocenters. The van der Waals surface area contributed by atoms with Gasteiger partial charge in [-0.25, -0.2) is 0 Å². The number of piperidine rings is 1. The van der Waals surface area contributed by atoms with E-state index >= 15 is 0 Å². The average molecular weight is 171 g/mol. The topological polar surface area (TPSA) is 3.24 Å². The van der Waals surface area contributed by atoms with Crippen molar-refractivity contribution in [2.45, 2.75) is 47.0 Å². The van der Waals surface area contributed by atoms with E-state index in [2.05, 4.69) is 18.7 Å². The van der Waals surface area contributed by atoms with E-state index in [1.165, 1.54) is 38.9 Å². The van der Waals surface area contributed by atoms with Crippen molar-refractivity contribution in [3.63, 3.8) is 0 Å². The van der Waals surface area contributed by atoms with E-state index in [1.807, 2.05) is 13.8 Å². The van der Waals surface area contributed by atoms with Crippen LogP contribution in [0.5, 0.6) is 0 Å². The van der Waals surface area contributed by atoms with Gasteiger partial charge in [-0.1, -0.05) is 27.7 Å². The van der Waals surface area contributed by atoms with Crippen LogP contribution in [0.4, 0.5) is 0 Å². The molecule has 0 radical (unpaired) electrons. The second kappa shape index (κ2) is 7.60. The van der Waals surface area contributed by atoms with Gasteiger partial charge in [-0.2, -0.15) is 0 Å². The first kappa shape index (κ1) is 12.0. The van der Waals surface area contributed by atoms with Crippen molar-refractivity contribution in [2.75, 3.05) is 19.6 Å². The van der Waals surface area contributed by atoms with Gasteiger partial charge in [0.05, 0.1) is 0 Å². The van der Waals surface area contributed by atoms with Crippen LogP contribution in [0.15, 0.2) is 0 Å². The van der Waals surface area contributed by atoms with Gasteiger partial charge in [0.2, 0.25) is 0 Å². The lowest BCUT2D eigenvalue weighted by Crippen LogP contribution is -2.34. The fourth-order valence-corrected chi connectivity index (χ4v) is 1.81. The van der Waals surface area contributed by atoms with Crippen LogP contribution >= 0.6 is 0 Å². The summed E-state index contributed by atoms with van der Waals surface area (Å²) >= 11 is 0. The van der Waals surface area contributed by atoms with Gasteiger partial charge in [-0.15, -0.1) is 0 Å². The maximum atomic E-state index is 2.59. The minimum atomic E-state index is 0.945. The van der Waals surface area contributed by atoms with Gasteiger partial charge in [0.15, 0.2) is 0 Å². The summed E-state index contributed by atoms with van der Waals surface area (Å²) in [4.78, 5) is 2.59. The molecular weight excluding hydrogens is 146 g/mol. The van der Waals surface area contributed by atoms with Crippen LogP contribution in [-0.4, -0.2) is 24.5 Å². The minimum absolute atomic E-state index is 0.945. The van der Waals surface area contributed by atoms with E-state index in [0.29, 0.717) is 0 Å². The van der Waals surface area contributed by atoms with Crippen molar-refractivity contribution >= 4 is 0 Å². The molecule has 0 spiro atoms. The Morgan fingerprint density at radius 2 is 2.00 bits per heavy atom. The average Bonchev–Trinajstić information content (AvgIpc) is 2.09. The lowest BCUT2D eigenvalue weighted by molar-refractivity contribution is 0.184. The Morgan fingerprint density at radius 3 is 2.50 bits per heavy atom. The number of likely N-dealkylation sites (tertiary alicyclic amines) is 1. The van der Waals surface area contributed by atoms with Crippen LogP contribution in [0.3, 0.4) is 0 Å². The standard InChI is InChI=1S/C9H19N.C2H6/c1-3-6-10-7-4-5-9(2)8-10;1-2/h9H,3-8H2,1-2H3;1-2H3. The Kier molecular flexibility index (Phi) is 7.58. The fourth-order valence-electron chi connectivity index (χ4n) is 1.81. The first-order chi connectivity index (χ1) is 5.83. The molecule has 0 amide bonds. The molecule has 1 nitrogen and oxygen atoms in total. The molecule has 1 aliphatic rings. The van der Waals surface area contributed by atoms with Crippen LogP contribution < -0.4 is 0 Å². The molecule has 1 saturated heterocycles. The molecule has 1 fully saturated rings. The van der Waals surface area contributed by atoms with Gasteiger partial charge in [0.25, 0.3) is 0 Å². The van der Waals surface area contributed by atoms with Gasteiger partial charge in [0, 0.05) is 6.54 Å². The maximum Gasteiger partial charge on any atom is 0.000702 e. The SMILES string of the molecule is CC.CCCN1CCCC(C)C1. The van der Waals surface area contributed by atoms with Crippen LogP contribution in [0.2, 0.25) is 0 Å². The van der Waals surface area contributed by atoms with Gasteiger partial charge in [-0.3, -0.25) is 0 Å². The molecule has 12 heavy (non-hydrogen) atoms. The highest BCUT2D eigenvalue weighted by Gasteiger charge is 2.14. The van der Waals surface area contributed by atoms with Gasteiger partial charge >= 0.3 is 0 Å². The molecule has 0 aromatic rings. The molecule has 1 heterocycles. The summed E-state index contributed by atoms with van der Waals surface area (Å²) in [7, 11) is 0. The molecule has 1 aliphatic heterocycles. The summed E-state index contributed by atoms with van der Waals surface area (Å²) in [5.74, 6) is 0.945. The number of nitrogens with zero attached hydrogens (tertiary/aromatic N) is 1. The second-order valence-corrected chi connectivity index (χ2v) is 3.55. The third kappa shape index (κ3) is 4.76. The predicted octanol–water partition coefficient (Wildman–Crippen LogP) is 3.15. The van der Waals surface area contributed by atoms with Crippen LogP contribution in [0, 0.1) is 5.92 Å². The lowest BCUT2D eigenvalue weighted by Gasteiger charge is -2.30. The summed E-state index contributed by atoms with van der Waals surface area (Å²) in [6.07, 6.45) is 4.17. The van der Waals surface area contributed by atoms with Gasteiger partial charge in [-0.05, 0) is 38.3 Å². The van der Waals surface area contributed by atoms with Crippen LogP contribution in [0.25, 0.3) is 0 Å². The first-order valence-corrected chi connectivity index (χ1v) is 5.55. The van der Waals surface area contributed by atoms with Gasteiger partial charge in [0.1, 0.15) is 0 Å². The molecule has 0 aliphatic carbocycles. The summed E-state index contributed by atoms with van der Waals surface area (Å²) in [6, 6.07) is 0. The fraction of sp³-hybridized carbons (Fsp3) is 1.00. The Morgan fingerprint density at radius 1 is 1.33 bits per heavy atom. The highest BCUT2D eigenvalue weighted by molar-refractivity contribution is 4.68. The Bertz CT molecular complexity index is 89.0. The zero-order chi connectivity index (χ0) is 9.40. The van der Waals surface area contributed by atoms with E-state index in [9.17, 15) is 0 Å². The Balaban J connectivity index is 0.000000561. The summed E-state index contributed by atoms with van der Waals surface area (Å²) < 4.78 is 0. The quantitative estimate of drug-likeness (QED) is 0.617. The molecule has 0 aromatic carbocycles. The third-order valence-electron chi connectivity index (χ3n) is 2.28. The Hall–Kier alpha value is -0.0400. The monoisotopic (exact) mass is 171 g/mol. The van der Waals surface area contributed by atoms with Crippen LogP contribution in [0.1, 0.15) is 47.0 Å². The second-order valence-electron chi connectivity index (χ2n) is 3.55. The molecule has 0 N–H and O–H groups in total. The number of hydrogen-bond donors (Lipinski definition) is 0. The first-order valence-electron chi connectivity index (χ1n) is 5.55. The van der Waals surface area contributed by atoms with Crippen molar-refractivity contribution in [3.8, 4) is 0 Å². The van der Waals surface area contributed by atoms with Crippen molar-refractivity contribution in [2.24, 2.45) is 5.92 Å². The van der Waals surface area contributed by atoms with E-state index in [-0.39, 0.29) is 0 Å². The normalized spacial score (nSPS) is 24.5. The van der Waals surface area contributed by atoms with Crippen molar-refractivity contribution in [1.29, 1.82) is 0 Å². The van der Waals surface area contributed by atoms with E-state index in [0.717, 1.165) is 5.92 Å². The Labute approximate surface area is 78.1 Å². The highest BCUT2D eigenvalue weighted by Crippen LogP contribution is 2.14. The molecule has 0 bridgehead atoms. The van der Waals surface area contributed by atoms with Crippen molar-refractivity contribution in [3.05, 3.63) is 0 Å². The van der Waals surface area contributed by atoms with E-state index < -0.39 is 0 Å². The van der Waals surface area contributed by atoms with Crippen LogP contribution in [-0.2, 0) is 0 Å². The summed E-state index contributed by atoms with van der Waals surface area (Å²) in [6.45, 7) is 12.6. The smallest absolute Gasteiger partial charge is 0.000702 e. The summed E-state index contributed by atoms with van der Waals surface area (Å²) in [5.41, 5.74) is 0. The highest BCUT2D eigenvalue weighted by atomic mass is 15.1. The van der Waals surface area contributed by atoms with Crippen molar-refractivity contribution < 1.29 is 0 Å². The number of rotatable bonds is 2. The summed E-state index contributed by atoms with van der Waals surface area (Å²) in [5, 5.41) is 0. The molecule has 1 rings (SSSR count). The molecular formula is C11H25N. The molecule has 74 valence electrons. The number of hydrogen-bond acceptors (Lipinski definition) is 1. The van der Waals surface area contributed by atoms with Crippen molar-refractivity contribution in [1.82, 2.24) is 4.90 Å². The maximum absolute atomic E-state index is 2.59. The van der Waals surface area contributed by atoms with E-state index in [1.54, 1.807) is 0 Å². The molecule has 0 aromatic heterocycles. The molecule has 1 heteroatoms. The van der Waals surface area contributed by atoms with Gasteiger partial charge < -0.3 is 4.90 Å². The molecule has 1 atom stereocenters. The zero-order valence-electron chi connectivity index (χ0n) is 9.27. The predicted molar refractivity (Wildman–Crippen MR) is 56.5 cm³/mol. The molecule has 0 saturated carbocycles. The zero-order valence-corrected chi connectivity index (χ0v) is 9.27. The largest absolute Gasteiger partial charge is 0.303 e. The lowest BCUT2D eigenvalue weighted by atomic mass is 10.0. The third-order valence-corrected chi connectivity index (χ3v) is 2.28.